The second-order valence-corrected chi connectivity index (χ2v) is 7.68. The first kappa shape index (κ1) is 16.4. The fraction of sp³-hybridized carbons (Fsp3) is 0.684. The van der Waals surface area contributed by atoms with Crippen LogP contribution < -0.4 is 10.1 Å². The van der Waals surface area contributed by atoms with Crippen molar-refractivity contribution in [2.45, 2.75) is 64.3 Å². The Morgan fingerprint density at radius 2 is 2.00 bits per heavy atom. The van der Waals surface area contributed by atoms with Crippen molar-refractivity contribution >= 4 is 0 Å². The van der Waals surface area contributed by atoms with Crippen molar-refractivity contribution in [2.24, 2.45) is 5.92 Å². The Labute approximate surface area is 130 Å². The average molecular weight is 289 g/mol. The van der Waals surface area contributed by atoms with E-state index in [2.05, 4.69) is 51.2 Å². The summed E-state index contributed by atoms with van der Waals surface area (Å²) in [6.45, 7) is 10.1. The van der Waals surface area contributed by atoms with Crippen LogP contribution in [0.5, 0.6) is 5.75 Å². The Kier molecular flexibility index (Phi) is 4.98. The van der Waals surface area contributed by atoms with Gasteiger partial charge in [-0.3, -0.25) is 0 Å². The van der Waals surface area contributed by atoms with Crippen LogP contribution in [0.15, 0.2) is 24.3 Å². The molecule has 1 fully saturated rings. The number of rotatable bonds is 6. The van der Waals surface area contributed by atoms with Gasteiger partial charge in [-0.1, -0.05) is 31.9 Å². The summed E-state index contributed by atoms with van der Waals surface area (Å²) >= 11 is 0. The highest BCUT2D eigenvalue weighted by Gasteiger charge is 2.45. The molecule has 21 heavy (non-hydrogen) atoms. The van der Waals surface area contributed by atoms with Crippen LogP contribution in [-0.2, 0) is 5.41 Å². The van der Waals surface area contributed by atoms with Crippen LogP contribution in [0.25, 0.3) is 0 Å². The third kappa shape index (κ3) is 4.00. The van der Waals surface area contributed by atoms with E-state index in [1.807, 2.05) is 6.07 Å². The van der Waals surface area contributed by atoms with E-state index in [-0.39, 0.29) is 5.54 Å². The van der Waals surface area contributed by atoms with Gasteiger partial charge >= 0.3 is 0 Å². The quantitative estimate of drug-likeness (QED) is 0.830. The van der Waals surface area contributed by atoms with E-state index < -0.39 is 0 Å². The van der Waals surface area contributed by atoms with Gasteiger partial charge < -0.3 is 10.1 Å². The second-order valence-electron chi connectivity index (χ2n) is 7.68. The van der Waals surface area contributed by atoms with Crippen LogP contribution in [0.2, 0.25) is 0 Å². The Morgan fingerprint density at radius 3 is 2.57 bits per heavy atom. The lowest BCUT2D eigenvalue weighted by Crippen LogP contribution is -2.52. The summed E-state index contributed by atoms with van der Waals surface area (Å²) in [7, 11) is 1.75. The van der Waals surface area contributed by atoms with Gasteiger partial charge in [0, 0.05) is 17.5 Å². The Hall–Kier alpha value is -1.02. The molecule has 0 saturated heterocycles. The SMILES string of the molecule is CCCC1CC(CNC(C)(C)C)(c2cccc(OC)c2)C1. The summed E-state index contributed by atoms with van der Waals surface area (Å²) in [6.07, 6.45) is 5.26. The molecule has 1 N–H and O–H groups in total. The van der Waals surface area contributed by atoms with E-state index in [9.17, 15) is 0 Å². The summed E-state index contributed by atoms with van der Waals surface area (Å²) < 4.78 is 5.42. The number of ether oxygens (including phenoxy) is 1. The van der Waals surface area contributed by atoms with Crippen molar-refractivity contribution < 1.29 is 4.74 Å². The molecule has 118 valence electrons. The maximum atomic E-state index is 5.42. The Morgan fingerprint density at radius 1 is 1.29 bits per heavy atom. The monoisotopic (exact) mass is 289 g/mol. The fourth-order valence-electron chi connectivity index (χ4n) is 3.53. The molecule has 1 aliphatic rings. The largest absolute Gasteiger partial charge is 0.497 e. The second kappa shape index (κ2) is 6.39. The highest BCUT2D eigenvalue weighted by molar-refractivity contribution is 5.36. The van der Waals surface area contributed by atoms with Gasteiger partial charge in [-0.25, -0.2) is 0 Å². The van der Waals surface area contributed by atoms with E-state index in [0.717, 1.165) is 18.2 Å². The zero-order valence-electron chi connectivity index (χ0n) is 14.3. The Bertz CT molecular complexity index is 455. The lowest BCUT2D eigenvalue weighted by molar-refractivity contribution is 0.120. The van der Waals surface area contributed by atoms with Crippen molar-refractivity contribution in [3.63, 3.8) is 0 Å². The topological polar surface area (TPSA) is 21.3 Å². The number of methoxy groups -OCH3 is 1. The van der Waals surface area contributed by atoms with E-state index >= 15 is 0 Å². The van der Waals surface area contributed by atoms with Crippen molar-refractivity contribution in [3.8, 4) is 5.75 Å². The fourth-order valence-corrected chi connectivity index (χ4v) is 3.53. The summed E-state index contributed by atoms with van der Waals surface area (Å²) in [5.41, 5.74) is 1.90. The average Bonchev–Trinajstić information content (AvgIpc) is 2.40. The third-order valence-electron chi connectivity index (χ3n) is 4.69. The van der Waals surface area contributed by atoms with E-state index in [1.165, 1.54) is 31.2 Å². The molecule has 0 heterocycles. The minimum absolute atomic E-state index is 0.168. The third-order valence-corrected chi connectivity index (χ3v) is 4.69. The molecule has 2 heteroatoms. The summed E-state index contributed by atoms with van der Waals surface area (Å²) in [6, 6.07) is 8.66. The maximum Gasteiger partial charge on any atom is 0.119 e. The van der Waals surface area contributed by atoms with Gasteiger partial charge in [0.05, 0.1) is 7.11 Å². The molecule has 0 radical (unpaired) electrons. The molecule has 1 aromatic rings. The smallest absolute Gasteiger partial charge is 0.119 e. The van der Waals surface area contributed by atoms with Crippen molar-refractivity contribution in [1.82, 2.24) is 5.32 Å². The molecule has 0 amide bonds. The lowest BCUT2D eigenvalue weighted by Gasteiger charge is -2.50. The minimum atomic E-state index is 0.168. The zero-order chi connectivity index (χ0) is 15.5. The predicted octanol–water partition coefficient (Wildman–Crippen LogP) is 4.53. The first-order valence-electron chi connectivity index (χ1n) is 8.28. The number of hydrogen-bond acceptors (Lipinski definition) is 2. The molecule has 0 aliphatic heterocycles. The molecule has 1 aliphatic carbocycles. The van der Waals surface area contributed by atoms with Gasteiger partial charge in [-0.05, 0) is 57.2 Å². The molecule has 2 rings (SSSR count). The van der Waals surface area contributed by atoms with Crippen LogP contribution in [0.1, 0.15) is 58.9 Å². The normalized spacial score (nSPS) is 25.5. The number of hydrogen-bond donors (Lipinski definition) is 1. The molecule has 0 bridgehead atoms. The molecule has 1 saturated carbocycles. The van der Waals surface area contributed by atoms with Crippen LogP contribution in [-0.4, -0.2) is 19.2 Å². The standard InChI is InChI=1S/C19H31NO/c1-6-8-15-12-19(13-15,14-20-18(2,3)4)16-9-7-10-17(11-16)21-5/h7,9-11,15,20H,6,8,12-14H2,1-5H3. The molecular weight excluding hydrogens is 258 g/mol. The van der Waals surface area contributed by atoms with Gasteiger partial charge in [0.1, 0.15) is 5.75 Å². The molecule has 1 aromatic carbocycles. The lowest BCUT2D eigenvalue weighted by atomic mass is 9.57. The van der Waals surface area contributed by atoms with Gasteiger partial charge in [0.25, 0.3) is 0 Å². The van der Waals surface area contributed by atoms with Crippen molar-refractivity contribution in [3.05, 3.63) is 29.8 Å². The summed E-state index contributed by atoms with van der Waals surface area (Å²) in [5.74, 6) is 1.87. The molecule has 0 unspecified atom stereocenters. The highest BCUT2D eigenvalue weighted by Crippen LogP contribution is 2.50. The van der Waals surface area contributed by atoms with E-state index in [4.69, 9.17) is 4.74 Å². The van der Waals surface area contributed by atoms with E-state index in [0.29, 0.717) is 5.41 Å². The number of nitrogens with one attached hydrogen (secondary N) is 1. The molecule has 0 spiro atoms. The van der Waals surface area contributed by atoms with Gasteiger partial charge in [0.15, 0.2) is 0 Å². The first-order valence-corrected chi connectivity index (χ1v) is 8.28. The Balaban J connectivity index is 2.16. The van der Waals surface area contributed by atoms with Crippen molar-refractivity contribution in [2.75, 3.05) is 13.7 Å². The van der Waals surface area contributed by atoms with Gasteiger partial charge in [-0.2, -0.15) is 0 Å². The first-order chi connectivity index (χ1) is 9.88. The van der Waals surface area contributed by atoms with Crippen LogP contribution in [0, 0.1) is 5.92 Å². The highest BCUT2D eigenvalue weighted by atomic mass is 16.5. The summed E-state index contributed by atoms with van der Waals surface area (Å²) in [4.78, 5) is 0. The minimum Gasteiger partial charge on any atom is -0.497 e. The summed E-state index contributed by atoms with van der Waals surface area (Å²) in [5, 5.41) is 3.72. The van der Waals surface area contributed by atoms with Crippen LogP contribution in [0.4, 0.5) is 0 Å². The maximum absolute atomic E-state index is 5.42. The predicted molar refractivity (Wildman–Crippen MR) is 90.1 cm³/mol. The molecule has 0 aromatic heterocycles. The zero-order valence-corrected chi connectivity index (χ0v) is 14.3. The van der Waals surface area contributed by atoms with Gasteiger partial charge in [0.2, 0.25) is 0 Å². The number of benzene rings is 1. The molecule has 0 atom stereocenters. The van der Waals surface area contributed by atoms with Gasteiger partial charge in [-0.15, -0.1) is 0 Å². The van der Waals surface area contributed by atoms with E-state index in [1.54, 1.807) is 7.11 Å². The van der Waals surface area contributed by atoms with Crippen LogP contribution in [0.3, 0.4) is 0 Å². The molecular formula is C19H31NO. The van der Waals surface area contributed by atoms with Crippen molar-refractivity contribution in [1.29, 1.82) is 0 Å². The molecule has 2 nitrogen and oxygen atoms in total. The van der Waals surface area contributed by atoms with Crippen LogP contribution >= 0.6 is 0 Å².